The Labute approximate surface area is 161 Å². The number of nitrogens with one attached hydrogen (secondary N) is 1. The first-order valence-electron chi connectivity index (χ1n) is 8.26. The number of halogens is 3. The minimum Gasteiger partial charge on any atom is -0.346 e. The summed E-state index contributed by atoms with van der Waals surface area (Å²) in [4.78, 5) is 11.9. The van der Waals surface area contributed by atoms with E-state index in [1.807, 2.05) is 0 Å². The second-order valence-electron chi connectivity index (χ2n) is 5.90. The van der Waals surface area contributed by atoms with Crippen LogP contribution in [0, 0.1) is 0 Å². The minimum atomic E-state index is -4.58. The summed E-state index contributed by atoms with van der Waals surface area (Å²) in [5, 5.41) is 2.62. The van der Waals surface area contributed by atoms with Gasteiger partial charge in [-0.05, 0) is 17.2 Å². The molecule has 0 bridgehead atoms. The van der Waals surface area contributed by atoms with E-state index in [4.69, 9.17) is 0 Å². The van der Waals surface area contributed by atoms with Crippen LogP contribution in [0.1, 0.15) is 11.1 Å². The molecule has 0 unspecified atom stereocenters. The molecule has 2 rings (SSSR count). The molecule has 0 saturated carbocycles. The van der Waals surface area contributed by atoms with Gasteiger partial charge < -0.3 is 5.32 Å². The third-order valence-electron chi connectivity index (χ3n) is 3.60. The average molecular weight is 412 g/mol. The highest BCUT2D eigenvalue weighted by Gasteiger charge is 2.29. The molecule has 2 aromatic rings. The maximum absolute atomic E-state index is 12.7. The van der Waals surface area contributed by atoms with E-state index in [1.54, 1.807) is 66.0 Å². The number of carbonyl (C=O) groups excluding carboxylic acids is 1. The van der Waals surface area contributed by atoms with Gasteiger partial charge in [0, 0.05) is 12.0 Å². The second kappa shape index (κ2) is 9.52. The van der Waals surface area contributed by atoms with Crippen LogP contribution in [0.2, 0.25) is 0 Å². The lowest BCUT2D eigenvalue weighted by Gasteiger charge is -2.20. The van der Waals surface area contributed by atoms with Crippen molar-refractivity contribution < 1.29 is 26.4 Å². The molecule has 1 amide bonds. The van der Waals surface area contributed by atoms with E-state index >= 15 is 0 Å². The van der Waals surface area contributed by atoms with Crippen LogP contribution < -0.4 is 5.32 Å². The number of hydrogen-bond acceptors (Lipinski definition) is 3. The van der Waals surface area contributed by atoms with Gasteiger partial charge in [0.15, 0.2) is 0 Å². The van der Waals surface area contributed by atoms with Crippen molar-refractivity contribution in [3.63, 3.8) is 0 Å². The molecule has 0 aliphatic carbocycles. The van der Waals surface area contributed by atoms with Crippen molar-refractivity contribution in [3.05, 3.63) is 77.2 Å². The zero-order valence-electron chi connectivity index (χ0n) is 14.8. The number of amides is 1. The number of alkyl halides is 3. The smallest absolute Gasteiger partial charge is 0.346 e. The molecule has 0 aliphatic heterocycles. The van der Waals surface area contributed by atoms with Crippen LogP contribution in [0.4, 0.5) is 13.2 Å². The lowest BCUT2D eigenvalue weighted by Crippen LogP contribution is -2.42. The van der Waals surface area contributed by atoms with Gasteiger partial charge in [-0.2, -0.15) is 17.5 Å². The lowest BCUT2D eigenvalue weighted by molar-refractivity contribution is -0.138. The molecule has 150 valence electrons. The summed E-state index contributed by atoms with van der Waals surface area (Å²) in [5.41, 5.74) is 1.23. The van der Waals surface area contributed by atoms with E-state index in [-0.39, 0.29) is 6.54 Å². The van der Waals surface area contributed by atoms with Crippen LogP contribution in [-0.4, -0.2) is 37.9 Å². The normalized spacial score (nSPS) is 12.4. The van der Waals surface area contributed by atoms with Crippen molar-refractivity contribution in [3.8, 4) is 0 Å². The van der Waals surface area contributed by atoms with Crippen LogP contribution in [0.25, 0.3) is 6.08 Å². The van der Waals surface area contributed by atoms with Crippen molar-refractivity contribution >= 4 is 22.0 Å². The molecule has 5 nitrogen and oxygen atoms in total. The average Bonchev–Trinajstić information content (AvgIpc) is 2.65. The van der Waals surface area contributed by atoms with Crippen molar-refractivity contribution in [2.24, 2.45) is 0 Å². The van der Waals surface area contributed by atoms with Crippen molar-refractivity contribution in [1.29, 1.82) is 0 Å². The molecule has 0 atom stereocenters. The monoisotopic (exact) mass is 412 g/mol. The number of carbonyl (C=O) groups is 1. The minimum absolute atomic E-state index is 0.151. The molecule has 0 aromatic heterocycles. The molecule has 28 heavy (non-hydrogen) atoms. The van der Waals surface area contributed by atoms with E-state index in [9.17, 15) is 26.4 Å². The van der Waals surface area contributed by atoms with Gasteiger partial charge >= 0.3 is 6.18 Å². The van der Waals surface area contributed by atoms with Gasteiger partial charge in [0.1, 0.15) is 6.54 Å². The predicted molar refractivity (Wildman–Crippen MR) is 100 cm³/mol. The van der Waals surface area contributed by atoms with Crippen molar-refractivity contribution in [2.45, 2.75) is 12.7 Å². The van der Waals surface area contributed by atoms with Crippen LogP contribution in [0.15, 0.2) is 66.1 Å². The first-order valence-corrected chi connectivity index (χ1v) is 9.77. The molecular formula is C19H19F3N2O3S. The maximum atomic E-state index is 12.7. The number of benzene rings is 2. The zero-order chi connectivity index (χ0) is 20.6. The molecule has 0 spiro atoms. The summed E-state index contributed by atoms with van der Waals surface area (Å²) in [6.45, 7) is -2.40. The van der Waals surface area contributed by atoms with Gasteiger partial charge in [0.25, 0.3) is 0 Å². The highest BCUT2D eigenvalue weighted by atomic mass is 32.2. The van der Waals surface area contributed by atoms with E-state index in [2.05, 4.69) is 0 Å². The molecule has 2 aromatic carbocycles. The Balaban J connectivity index is 2.18. The van der Waals surface area contributed by atoms with Crippen LogP contribution in [0.3, 0.4) is 0 Å². The van der Waals surface area contributed by atoms with Gasteiger partial charge in [-0.25, -0.2) is 8.42 Å². The van der Waals surface area contributed by atoms with Gasteiger partial charge in [0.05, 0.1) is 6.54 Å². The summed E-state index contributed by atoms with van der Waals surface area (Å²) in [7, 11) is -4.06. The first-order chi connectivity index (χ1) is 13.2. The fourth-order valence-electron chi connectivity index (χ4n) is 2.25. The Kier molecular flexibility index (Phi) is 7.36. The number of hydrogen-bond donors (Lipinski definition) is 1. The maximum Gasteiger partial charge on any atom is 0.405 e. The van der Waals surface area contributed by atoms with E-state index in [0.717, 1.165) is 9.71 Å². The Morgan fingerprint density at radius 1 is 1.00 bits per heavy atom. The molecule has 0 fully saturated rings. The summed E-state index contributed by atoms with van der Waals surface area (Å²) in [6, 6.07) is 17.1. The lowest BCUT2D eigenvalue weighted by atomic mass is 10.2. The molecule has 0 saturated heterocycles. The van der Waals surface area contributed by atoms with Gasteiger partial charge in [-0.3, -0.25) is 4.79 Å². The van der Waals surface area contributed by atoms with Crippen LogP contribution in [0.5, 0.6) is 0 Å². The topological polar surface area (TPSA) is 66.5 Å². The summed E-state index contributed by atoms with van der Waals surface area (Å²) < 4.78 is 63.0. The Hall–Kier alpha value is -2.65. The summed E-state index contributed by atoms with van der Waals surface area (Å²) in [6.07, 6.45) is -3.22. The van der Waals surface area contributed by atoms with Crippen molar-refractivity contribution in [1.82, 2.24) is 9.62 Å². The van der Waals surface area contributed by atoms with Crippen LogP contribution >= 0.6 is 0 Å². The quantitative estimate of drug-likeness (QED) is 0.724. The Bertz CT molecular complexity index is 899. The molecule has 0 aliphatic rings. The SMILES string of the molecule is O=C(CN(Cc1ccccc1)S(=O)(=O)/C=C/c1ccccc1)NCC(F)(F)F. The number of nitrogens with zero attached hydrogens (tertiary/aromatic N) is 1. The zero-order valence-corrected chi connectivity index (χ0v) is 15.6. The van der Waals surface area contributed by atoms with E-state index < -0.39 is 35.2 Å². The van der Waals surface area contributed by atoms with E-state index in [1.165, 1.54) is 6.08 Å². The van der Waals surface area contributed by atoms with Crippen molar-refractivity contribution in [2.75, 3.05) is 13.1 Å². The fraction of sp³-hybridized carbons (Fsp3) is 0.211. The molecule has 0 radical (unpaired) electrons. The molecule has 0 heterocycles. The Morgan fingerprint density at radius 2 is 1.57 bits per heavy atom. The third-order valence-corrected chi connectivity index (χ3v) is 5.06. The standard InChI is InChI=1S/C19H19F3N2O3S/c20-19(21,22)15-23-18(25)14-24(13-17-9-5-2-6-10-17)28(26,27)12-11-16-7-3-1-4-8-16/h1-12H,13-15H2,(H,23,25)/b12-11+. The van der Waals surface area contributed by atoms with E-state index in [0.29, 0.717) is 11.1 Å². The predicted octanol–water partition coefficient (Wildman–Crippen LogP) is 3.17. The molecular weight excluding hydrogens is 393 g/mol. The largest absolute Gasteiger partial charge is 0.405 e. The van der Waals surface area contributed by atoms with Gasteiger partial charge in [0.2, 0.25) is 15.9 Å². The highest BCUT2D eigenvalue weighted by Crippen LogP contribution is 2.14. The summed E-state index contributed by atoms with van der Waals surface area (Å²) in [5.74, 6) is -1.04. The second-order valence-corrected chi connectivity index (χ2v) is 7.72. The first kappa shape index (κ1) is 21.6. The fourth-order valence-corrected chi connectivity index (χ4v) is 3.38. The van der Waals surface area contributed by atoms with Gasteiger partial charge in [-0.15, -0.1) is 0 Å². The molecule has 9 heteroatoms. The third kappa shape index (κ3) is 7.53. The van der Waals surface area contributed by atoms with Crippen LogP contribution in [-0.2, 0) is 21.4 Å². The summed E-state index contributed by atoms with van der Waals surface area (Å²) >= 11 is 0. The molecule has 1 N–H and O–H groups in total. The van der Waals surface area contributed by atoms with Gasteiger partial charge in [-0.1, -0.05) is 60.7 Å². The number of sulfonamides is 1. The highest BCUT2D eigenvalue weighted by molar-refractivity contribution is 7.92. The Morgan fingerprint density at radius 3 is 2.14 bits per heavy atom. The number of rotatable bonds is 8.